The van der Waals surface area contributed by atoms with Crippen LogP contribution < -0.4 is 10.2 Å². The van der Waals surface area contributed by atoms with Gasteiger partial charge in [0.05, 0.1) is 18.6 Å². The van der Waals surface area contributed by atoms with Crippen molar-refractivity contribution in [3.8, 4) is 0 Å². The summed E-state index contributed by atoms with van der Waals surface area (Å²) in [6.45, 7) is 4.89. The minimum Gasteiger partial charge on any atom is -0.467 e. The monoisotopic (exact) mass is 483 g/mol. The Balaban J connectivity index is 1.24. The van der Waals surface area contributed by atoms with Gasteiger partial charge in [0.1, 0.15) is 16.7 Å². The summed E-state index contributed by atoms with van der Waals surface area (Å²) in [7, 11) is 0. The summed E-state index contributed by atoms with van der Waals surface area (Å²) in [6, 6.07) is 15.7. The van der Waals surface area contributed by atoms with E-state index in [-0.39, 0.29) is 11.7 Å². The van der Waals surface area contributed by atoms with Gasteiger partial charge in [-0.05, 0) is 17.7 Å². The fourth-order valence-electron chi connectivity index (χ4n) is 3.45. The number of carbonyl (C=O) groups excluding carboxylic acids is 1. The molecule has 3 heterocycles. The number of piperazine rings is 1. The number of hydrogen-bond donors (Lipinski definition) is 1. The van der Waals surface area contributed by atoms with E-state index >= 15 is 0 Å². The Kier molecular flexibility index (Phi) is 8.41. The number of anilines is 1. The van der Waals surface area contributed by atoms with E-state index in [1.807, 2.05) is 24.3 Å². The predicted octanol–water partition coefficient (Wildman–Crippen LogP) is 3.97. The molecule has 7 nitrogen and oxygen atoms in total. The van der Waals surface area contributed by atoms with Crippen molar-refractivity contribution in [2.75, 3.05) is 43.4 Å². The standard InChI is InChI=1S/C24H26ClN5O2S/c25-21-16-22(28-24(27-21)33-18-23(31)26-17-20-9-5-15-32-20)30-13-11-29(12-14-30)10-4-8-19-6-2-1-3-7-19/h1-9,15-16H,10-14,17-18H2,(H,26,31). The molecule has 2 aromatic heterocycles. The molecule has 1 N–H and O–H groups in total. The molecular weight excluding hydrogens is 458 g/mol. The zero-order valence-electron chi connectivity index (χ0n) is 18.2. The van der Waals surface area contributed by atoms with Crippen LogP contribution >= 0.6 is 23.4 Å². The molecule has 172 valence electrons. The number of furan rings is 1. The summed E-state index contributed by atoms with van der Waals surface area (Å²) in [5, 5.41) is 3.70. The predicted molar refractivity (Wildman–Crippen MR) is 132 cm³/mol. The lowest BCUT2D eigenvalue weighted by Gasteiger charge is -2.35. The SMILES string of the molecule is O=C(CSc1nc(Cl)cc(N2CCN(CC=Cc3ccccc3)CC2)n1)NCc1ccco1. The van der Waals surface area contributed by atoms with Gasteiger partial charge >= 0.3 is 0 Å². The summed E-state index contributed by atoms with van der Waals surface area (Å²) in [6.07, 6.45) is 5.95. The third kappa shape index (κ3) is 7.35. The Bertz CT molecular complexity index is 1050. The van der Waals surface area contributed by atoms with Gasteiger partial charge in [-0.25, -0.2) is 9.97 Å². The van der Waals surface area contributed by atoms with Gasteiger partial charge in [0.25, 0.3) is 0 Å². The number of nitrogens with zero attached hydrogens (tertiary/aromatic N) is 4. The largest absolute Gasteiger partial charge is 0.467 e. The van der Waals surface area contributed by atoms with E-state index < -0.39 is 0 Å². The van der Waals surface area contributed by atoms with Crippen molar-refractivity contribution < 1.29 is 9.21 Å². The van der Waals surface area contributed by atoms with Crippen LogP contribution in [0.15, 0.2) is 70.4 Å². The highest BCUT2D eigenvalue weighted by Gasteiger charge is 2.19. The second kappa shape index (κ2) is 11.9. The summed E-state index contributed by atoms with van der Waals surface area (Å²) in [5.74, 6) is 1.61. The molecule has 0 atom stereocenters. The quantitative estimate of drug-likeness (QED) is 0.280. The first-order chi connectivity index (χ1) is 16.2. The van der Waals surface area contributed by atoms with E-state index in [4.69, 9.17) is 16.0 Å². The van der Waals surface area contributed by atoms with Gasteiger partial charge in [0.15, 0.2) is 5.16 Å². The number of amides is 1. The number of halogens is 1. The van der Waals surface area contributed by atoms with Crippen molar-refractivity contribution in [1.29, 1.82) is 0 Å². The molecule has 0 aliphatic carbocycles. The second-order valence-electron chi connectivity index (χ2n) is 7.58. The molecule has 1 amide bonds. The van der Waals surface area contributed by atoms with Crippen molar-refractivity contribution in [3.05, 3.63) is 77.3 Å². The molecular formula is C24H26ClN5O2S. The van der Waals surface area contributed by atoms with Gasteiger partial charge in [-0.2, -0.15) is 0 Å². The number of benzene rings is 1. The summed E-state index contributed by atoms with van der Waals surface area (Å²) in [5.41, 5.74) is 1.21. The first kappa shape index (κ1) is 23.4. The molecule has 0 spiro atoms. The van der Waals surface area contributed by atoms with E-state index in [1.54, 1.807) is 18.4 Å². The Morgan fingerprint density at radius 1 is 1.12 bits per heavy atom. The second-order valence-corrected chi connectivity index (χ2v) is 8.91. The molecule has 33 heavy (non-hydrogen) atoms. The van der Waals surface area contributed by atoms with Crippen LogP contribution in [0.5, 0.6) is 0 Å². The smallest absolute Gasteiger partial charge is 0.230 e. The number of aromatic nitrogens is 2. The molecule has 1 aromatic carbocycles. The summed E-state index contributed by atoms with van der Waals surface area (Å²) in [4.78, 5) is 25.6. The molecule has 0 radical (unpaired) electrons. The summed E-state index contributed by atoms with van der Waals surface area (Å²) < 4.78 is 5.22. The van der Waals surface area contributed by atoms with Crippen molar-refractivity contribution in [3.63, 3.8) is 0 Å². The topological polar surface area (TPSA) is 74.5 Å². The number of nitrogens with one attached hydrogen (secondary N) is 1. The Labute approximate surface area is 202 Å². The fraction of sp³-hybridized carbons (Fsp3) is 0.292. The van der Waals surface area contributed by atoms with Crippen LogP contribution in [0, 0.1) is 0 Å². The van der Waals surface area contributed by atoms with Gasteiger partial charge in [0, 0.05) is 38.8 Å². The lowest BCUT2D eigenvalue weighted by Crippen LogP contribution is -2.46. The zero-order chi connectivity index (χ0) is 22.9. The number of thioether (sulfide) groups is 1. The molecule has 1 aliphatic heterocycles. The minimum absolute atomic E-state index is 0.112. The van der Waals surface area contributed by atoms with Gasteiger partial charge in [-0.1, -0.05) is 65.8 Å². The van der Waals surface area contributed by atoms with Gasteiger partial charge in [-0.3, -0.25) is 9.69 Å². The van der Waals surface area contributed by atoms with Crippen molar-refractivity contribution >= 4 is 41.2 Å². The van der Waals surface area contributed by atoms with Crippen LogP contribution in [0.2, 0.25) is 5.15 Å². The minimum atomic E-state index is -0.112. The molecule has 9 heteroatoms. The zero-order valence-corrected chi connectivity index (χ0v) is 19.8. The third-order valence-electron chi connectivity index (χ3n) is 5.20. The molecule has 3 aromatic rings. The number of hydrogen-bond acceptors (Lipinski definition) is 7. The molecule has 1 saturated heterocycles. The average molecular weight is 484 g/mol. The maximum absolute atomic E-state index is 12.1. The van der Waals surface area contributed by atoms with Gasteiger partial charge in [0.2, 0.25) is 5.91 Å². The van der Waals surface area contributed by atoms with Crippen LogP contribution in [0.3, 0.4) is 0 Å². The van der Waals surface area contributed by atoms with Crippen molar-refractivity contribution in [1.82, 2.24) is 20.2 Å². The van der Waals surface area contributed by atoms with E-state index in [2.05, 4.69) is 49.4 Å². The normalized spacial score (nSPS) is 14.6. The van der Waals surface area contributed by atoms with Gasteiger partial charge < -0.3 is 14.6 Å². The lowest BCUT2D eigenvalue weighted by atomic mass is 10.2. The van der Waals surface area contributed by atoms with E-state index in [0.717, 1.165) is 38.5 Å². The van der Waals surface area contributed by atoms with Crippen LogP contribution in [0.1, 0.15) is 11.3 Å². The fourth-order valence-corrected chi connectivity index (χ4v) is 4.36. The Morgan fingerprint density at radius 3 is 2.70 bits per heavy atom. The Morgan fingerprint density at radius 2 is 1.94 bits per heavy atom. The van der Waals surface area contributed by atoms with Crippen molar-refractivity contribution in [2.24, 2.45) is 0 Å². The van der Waals surface area contributed by atoms with E-state index in [1.165, 1.54) is 17.3 Å². The first-order valence-corrected chi connectivity index (χ1v) is 12.2. The van der Waals surface area contributed by atoms with Gasteiger partial charge in [-0.15, -0.1) is 0 Å². The third-order valence-corrected chi connectivity index (χ3v) is 6.24. The van der Waals surface area contributed by atoms with E-state index in [0.29, 0.717) is 22.6 Å². The number of rotatable bonds is 9. The van der Waals surface area contributed by atoms with E-state index in [9.17, 15) is 4.79 Å². The maximum Gasteiger partial charge on any atom is 0.230 e. The molecule has 0 unspecified atom stereocenters. The molecule has 4 rings (SSSR count). The highest BCUT2D eigenvalue weighted by Crippen LogP contribution is 2.23. The summed E-state index contributed by atoms with van der Waals surface area (Å²) >= 11 is 7.52. The van der Waals surface area contributed by atoms with Crippen LogP contribution in [-0.2, 0) is 11.3 Å². The average Bonchev–Trinajstić information content (AvgIpc) is 3.36. The molecule has 1 aliphatic rings. The van der Waals surface area contributed by atoms with Crippen LogP contribution in [0.4, 0.5) is 5.82 Å². The van der Waals surface area contributed by atoms with Crippen molar-refractivity contribution in [2.45, 2.75) is 11.7 Å². The first-order valence-electron chi connectivity index (χ1n) is 10.8. The maximum atomic E-state index is 12.1. The molecule has 1 fully saturated rings. The molecule has 0 saturated carbocycles. The molecule has 0 bridgehead atoms. The number of carbonyl (C=O) groups is 1. The Hall–Kier alpha value is -2.81. The highest BCUT2D eigenvalue weighted by molar-refractivity contribution is 7.99. The van der Waals surface area contributed by atoms with Crippen LogP contribution in [-0.4, -0.2) is 59.3 Å². The lowest BCUT2D eigenvalue weighted by molar-refractivity contribution is -0.118. The van der Waals surface area contributed by atoms with Crippen LogP contribution in [0.25, 0.3) is 6.08 Å². The highest BCUT2D eigenvalue weighted by atomic mass is 35.5.